The van der Waals surface area contributed by atoms with Gasteiger partial charge in [0, 0.05) is 0 Å². The van der Waals surface area contributed by atoms with Crippen LogP contribution in [0.2, 0.25) is 6.82 Å². The van der Waals surface area contributed by atoms with Crippen LogP contribution in [0.4, 0.5) is 0 Å². The molecule has 1 saturated heterocycles. The summed E-state index contributed by atoms with van der Waals surface area (Å²) in [5.41, 5.74) is 0. The molecular formula is C9H21BN2. The van der Waals surface area contributed by atoms with Gasteiger partial charge in [0.1, 0.15) is 0 Å². The number of hydrogen-bond acceptors (Lipinski definition) is 2. The molecule has 0 atom stereocenters. The molecule has 3 heteroatoms. The van der Waals surface area contributed by atoms with E-state index in [1.54, 1.807) is 0 Å². The molecule has 0 aromatic rings. The molecule has 0 aromatic heterocycles. The van der Waals surface area contributed by atoms with Crippen molar-refractivity contribution in [2.24, 2.45) is 0 Å². The third-order valence-corrected chi connectivity index (χ3v) is 3.01. The van der Waals surface area contributed by atoms with Gasteiger partial charge in [-0.15, -0.1) is 0 Å². The number of hydrogen-bond donors (Lipinski definition) is 0. The van der Waals surface area contributed by atoms with Gasteiger partial charge in [0.05, 0.1) is 0 Å². The maximum Gasteiger partial charge on any atom is 0.307 e. The molecule has 0 aromatic carbocycles. The summed E-state index contributed by atoms with van der Waals surface area (Å²) in [4.78, 5) is 5.13. The fourth-order valence-electron chi connectivity index (χ4n) is 2.08. The van der Waals surface area contributed by atoms with Crippen molar-refractivity contribution in [3.63, 3.8) is 0 Å². The largest absolute Gasteiger partial charge is 0.329 e. The molecule has 0 N–H and O–H groups in total. The van der Waals surface area contributed by atoms with Crippen LogP contribution in [0.5, 0.6) is 0 Å². The highest BCUT2D eigenvalue weighted by molar-refractivity contribution is 6.51. The molecule has 0 radical (unpaired) electrons. The SMILES string of the molecule is CCN1CCCCN(CC)B1C. The summed E-state index contributed by atoms with van der Waals surface area (Å²) >= 11 is 0. The molecule has 1 aliphatic rings. The summed E-state index contributed by atoms with van der Waals surface area (Å²) in [7, 11) is 0. The summed E-state index contributed by atoms with van der Waals surface area (Å²) in [6.07, 6.45) is 2.74. The van der Waals surface area contributed by atoms with Crippen molar-refractivity contribution in [2.75, 3.05) is 26.2 Å². The van der Waals surface area contributed by atoms with Crippen molar-refractivity contribution in [1.82, 2.24) is 9.62 Å². The predicted octanol–water partition coefficient (Wildman–Crippen LogP) is 1.54. The Labute approximate surface area is 77.0 Å². The Morgan fingerprint density at radius 2 is 1.42 bits per heavy atom. The standard InChI is InChI=1S/C9H21BN2/c1-4-11-8-6-7-9-12(5-2)10(11)3/h4-9H2,1-3H3. The first-order valence-electron chi connectivity index (χ1n) is 5.27. The molecule has 0 spiro atoms. The molecule has 0 unspecified atom stereocenters. The fraction of sp³-hybridized carbons (Fsp3) is 1.00. The van der Waals surface area contributed by atoms with Gasteiger partial charge in [-0.1, -0.05) is 20.7 Å². The topological polar surface area (TPSA) is 6.48 Å². The van der Waals surface area contributed by atoms with E-state index in [9.17, 15) is 0 Å². The average molecular weight is 168 g/mol. The van der Waals surface area contributed by atoms with Gasteiger partial charge in [0.25, 0.3) is 0 Å². The molecule has 1 fully saturated rings. The first-order chi connectivity index (χ1) is 5.79. The molecule has 0 bridgehead atoms. The van der Waals surface area contributed by atoms with E-state index in [0.29, 0.717) is 6.98 Å². The van der Waals surface area contributed by atoms with E-state index in [1.165, 1.54) is 39.0 Å². The third-order valence-electron chi connectivity index (χ3n) is 3.01. The Balaban J connectivity index is 2.53. The van der Waals surface area contributed by atoms with Crippen LogP contribution in [-0.4, -0.2) is 42.8 Å². The van der Waals surface area contributed by atoms with Gasteiger partial charge in [0.2, 0.25) is 0 Å². The Kier molecular flexibility index (Phi) is 4.09. The van der Waals surface area contributed by atoms with Crippen LogP contribution in [0.3, 0.4) is 0 Å². The second-order valence-electron chi connectivity index (χ2n) is 3.60. The Morgan fingerprint density at radius 1 is 1.00 bits per heavy atom. The van der Waals surface area contributed by atoms with E-state index in [1.807, 2.05) is 0 Å². The van der Waals surface area contributed by atoms with Crippen LogP contribution in [0, 0.1) is 0 Å². The predicted molar refractivity (Wildman–Crippen MR) is 55.3 cm³/mol. The summed E-state index contributed by atoms with van der Waals surface area (Å²) in [6.45, 7) is 12.5. The van der Waals surface area contributed by atoms with E-state index in [0.717, 1.165) is 0 Å². The first-order valence-corrected chi connectivity index (χ1v) is 5.27. The van der Waals surface area contributed by atoms with Gasteiger partial charge < -0.3 is 9.62 Å². The summed E-state index contributed by atoms with van der Waals surface area (Å²) < 4.78 is 0. The molecule has 1 rings (SSSR count). The summed E-state index contributed by atoms with van der Waals surface area (Å²) in [6, 6.07) is 0. The van der Waals surface area contributed by atoms with Crippen molar-refractivity contribution in [3.8, 4) is 0 Å². The molecule has 1 aliphatic heterocycles. The zero-order valence-corrected chi connectivity index (χ0v) is 8.71. The van der Waals surface area contributed by atoms with Crippen LogP contribution in [0.15, 0.2) is 0 Å². The monoisotopic (exact) mass is 168 g/mol. The minimum absolute atomic E-state index is 0.655. The zero-order valence-electron chi connectivity index (χ0n) is 8.71. The molecule has 2 nitrogen and oxygen atoms in total. The lowest BCUT2D eigenvalue weighted by Gasteiger charge is -2.30. The highest BCUT2D eigenvalue weighted by Gasteiger charge is 2.25. The lowest BCUT2D eigenvalue weighted by atomic mass is 9.75. The summed E-state index contributed by atoms with van der Waals surface area (Å²) in [5.74, 6) is 0. The van der Waals surface area contributed by atoms with Crippen LogP contribution in [0.25, 0.3) is 0 Å². The Morgan fingerprint density at radius 3 is 1.75 bits per heavy atom. The van der Waals surface area contributed by atoms with E-state index in [-0.39, 0.29) is 0 Å². The second kappa shape index (κ2) is 4.88. The van der Waals surface area contributed by atoms with E-state index in [4.69, 9.17) is 0 Å². The molecule has 12 heavy (non-hydrogen) atoms. The number of rotatable bonds is 2. The Hall–Kier alpha value is -0.0151. The van der Waals surface area contributed by atoms with Crippen molar-refractivity contribution >= 4 is 6.98 Å². The van der Waals surface area contributed by atoms with Gasteiger partial charge >= 0.3 is 6.98 Å². The molecule has 70 valence electrons. The van der Waals surface area contributed by atoms with Crippen molar-refractivity contribution in [3.05, 3.63) is 0 Å². The molecule has 0 aliphatic carbocycles. The third kappa shape index (κ3) is 2.24. The van der Waals surface area contributed by atoms with Crippen molar-refractivity contribution in [1.29, 1.82) is 0 Å². The van der Waals surface area contributed by atoms with Crippen molar-refractivity contribution in [2.45, 2.75) is 33.5 Å². The van der Waals surface area contributed by atoms with Crippen molar-refractivity contribution < 1.29 is 0 Å². The van der Waals surface area contributed by atoms with E-state index < -0.39 is 0 Å². The molecule has 0 amide bonds. The van der Waals surface area contributed by atoms with Crippen LogP contribution < -0.4 is 0 Å². The lowest BCUT2D eigenvalue weighted by molar-refractivity contribution is 0.405. The summed E-state index contributed by atoms with van der Waals surface area (Å²) in [5, 5.41) is 0. The highest BCUT2D eigenvalue weighted by atomic mass is 15.2. The average Bonchev–Trinajstić information content (AvgIpc) is 2.27. The zero-order chi connectivity index (χ0) is 8.97. The lowest BCUT2D eigenvalue weighted by Crippen LogP contribution is -2.49. The Bertz CT molecular complexity index is 116. The maximum atomic E-state index is 2.57. The van der Waals surface area contributed by atoms with Gasteiger partial charge in [-0.25, -0.2) is 0 Å². The van der Waals surface area contributed by atoms with Crippen LogP contribution in [-0.2, 0) is 0 Å². The first kappa shape index (κ1) is 10.1. The quantitative estimate of drug-likeness (QED) is 0.577. The minimum Gasteiger partial charge on any atom is -0.329 e. The normalized spacial score (nSPS) is 22.8. The van der Waals surface area contributed by atoms with Gasteiger partial charge in [-0.2, -0.15) is 0 Å². The molecular weight excluding hydrogens is 147 g/mol. The fourth-order valence-corrected chi connectivity index (χ4v) is 2.08. The van der Waals surface area contributed by atoms with E-state index in [2.05, 4.69) is 30.3 Å². The molecule has 0 saturated carbocycles. The molecule has 1 heterocycles. The van der Waals surface area contributed by atoms with E-state index >= 15 is 0 Å². The van der Waals surface area contributed by atoms with Crippen LogP contribution >= 0.6 is 0 Å². The maximum absolute atomic E-state index is 2.57. The van der Waals surface area contributed by atoms with Gasteiger partial charge in [-0.05, 0) is 39.0 Å². The van der Waals surface area contributed by atoms with Crippen LogP contribution in [0.1, 0.15) is 26.7 Å². The number of nitrogens with zero attached hydrogens (tertiary/aromatic N) is 2. The van der Waals surface area contributed by atoms with Gasteiger partial charge in [0.15, 0.2) is 0 Å². The highest BCUT2D eigenvalue weighted by Crippen LogP contribution is 2.10. The minimum atomic E-state index is 0.655. The van der Waals surface area contributed by atoms with Gasteiger partial charge in [-0.3, -0.25) is 0 Å². The smallest absolute Gasteiger partial charge is 0.307 e. The second-order valence-corrected chi connectivity index (χ2v) is 3.60.